The highest BCUT2D eigenvalue weighted by Gasteiger charge is 2.22. The summed E-state index contributed by atoms with van der Waals surface area (Å²) in [6.07, 6.45) is 3.75. The van der Waals surface area contributed by atoms with E-state index in [1.165, 1.54) is 19.3 Å². The van der Waals surface area contributed by atoms with E-state index >= 15 is 0 Å². The van der Waals surface area contributed by atoms with Crippen molar-refractivity contribution in [2.75, 3.05) is 54.4 Å². The van der Waals surface area contributed by atoms with Gasteiger partial charge in [0.05, 0.1) is 0 Å². The van der Waals surface area contributed by atoms with Crippen LogP contribution in [0.2, 0.25) is 5.02 Å². The number of piperazine rings is 1. The number of anilines is 3. The zero-order valence-corrected chi connectivity index (χ0v) is 16.6. The van der Waals surface area contributed by atoms with E-state index in [0.29, 0.717) is 18.1 Å². The first kappa shape index (κ1) is 18.8. The Balaban J connectivity index is 1.29. The third-order valence-corrected chi connectivity index (χ3v) is 5.55. The number of nitrogens with zero attached hydrogens (tertiary/aromatic N) is 5. The summed E-state index contributed by atoms with van der Waals surface area (Å²) < 4.78 is 0. The lowest BCUT2D eigenvalue weighted by molar-refractivity contribution is 0.208. The summed E-state index contributed by atoms with van der Waals surface area (Å²) in [4.78, 5) is 18.7. The number of carbonyl (C=O) groups is 1. The van der Waals surface area contributed by atoms with Gasteiger partial charge in [-0.05, 0) is 55.7 Å². The molecular formula is C20H25ClN6O. The zero-order valence-electron chi connectivity index (χ0n) is 15.9. The Bertz CT molecular complexity index is 783. The number of halogens is 1. The van der Waals surface area contributed by atoms with E-state index in [4.69, 9.17) is 11.6 Å². The van der Waals surface area contributed by atoms with Crippen LogP contribution in [0.4, 0.5) is 22.1 Å². The number of hydrogen-bond donors (Lipinski definition) is 1. The number of rotatable bonds is 3. The van der Waals surface area contributed by atoms with Crippen molar-refractivity contribution < 1.29 is 4.79 Å². The van der Waals surface area contributed by atoms with Crippen LogP contribution in [-0.4, -0.2) is 60.4 Å². The van der Waals surface area contributed by atoms with E-state index in [1.807, 2.05) is 11.0 Å². The number of aromatic nitrogens is 2. The van der Waals surface area contributed by atoms with Gasteiger partial charge in [-0.1, -0.05) is 11.6 Å². The van der Waals surface area contributed by atoms with Crippen molar-refractivity contribution in [1.82, 2.24) is 15.1 Å². The fourth-order valence-electron chi connectivity index (χ4n) is 3.65. The highest BCUT2D eigenvalue weighted by molar-refractivity contribution is 6.30. The van der Waals surface area contributed by atoms with Crippen LogP contribution in [0.25, 0.3) is 0 Å². The first-order chi connectivity index (χ1) is 13.7. The van der Waals surface area contributed by atoms with Crippen molar-refractivity contribution >= 4 is 35.0 Å². The molecule has 3 heterocycles. The van der Waals surface area contributed by atoms with Crippen LogP contribution >= 0.6 is 11.6 Å². The van der Waals surface area contributed by atoms with Gasteiger partial charge in [-0.15, -0.1) is 10.2 Å². The third-order valence-electron chi connectivity index (χ3n) is 5.30. The van der Waals surface area contributed by atoms with Gasteiger partial charge in [-0.25, -0.2) is 4.79 Å². The van der Waals surface area contributed by atoms with Gasteiger partial charge in [0.25, 0.3) is 0 Å². The van der Waals surface area contributed by atoms with Crippen molar-refractivity contribution in [3.05, 3.63) is 41.4 Å². The van der Waals surface area contributed by atoms with Crippen LogP contribution in [0.15, 0.2) is 36.4 Å². The normalized spacial score (nSPS) is 17.5. The average molecular weight is 401 g/mol. The molecule has 0 bridgehead atoms. The van der Waals surface area contributed by atoms with Gasteiger partial charge in [0.2, 0.25) is 0 Å². The predicted octanol–water partition coefficient (Wildman–Crippen LogP) is 3.47. The van der Waals surface area contributed by atoms with E-state index in [1.54, 1.807) is 24.3 Å². The molecule has 2 amide bonds. The molecular weight excluding hydrogens is 376 g/mol. The molecule has 0 saturated carbocycles. The lowest BCUT2D eigenvalue weighted by atomic mass is 10.1. The van der Waals surface area contributed by atoms with Gasteiger partial charge >= 0.3 is 6.03 Å². The summed E-state index contributed by atoms with van der Waals surface area (Å²) >= 11 is 5.88. The Morgan fingerprint density at radius 3 is 1.93 bits per heavy atom. The standard InChI is InChI=1S/C20H25ClN6O/c21-16-4-6-17(7-5-16)22-20(28)27-14-12-26(13-15-27)19-9-8-18(23-24-19)25-10-2-1-3-11-25/h4-9H,1-3,10-15H2,(H,22,28). The number of carbonyl (C=O) groups excluding carboxylic acids is 1. The number of urea groups is 1. The molecule has 0 spiro atoms. The number of benzene rings is 1. The van der Waals surface area contributed by atoms with Gasteiger partial charge in [-0.3, -0.25) is 0 Å². The van der Waals surface area contributed by atoms with Crippen LogP contribution in [0.5, 0.6) is 0 Å². The Morgan fingerprint density at radius 1 is 0.786 bits per heavy atom. The average Bonchev–Trinajstić information content (AvgIpc) is 2.76. The molecule has 148 valence electrons. The van der Waals surface area contributed by atoms with E-state index in [9.17, 15) is 4.79 Å². The maximum absolute atomic E-state index is 12.4. The fraction of sp³-hybridized carbons (Fsp3) is 0.450. The van der Waals surface area contributed by atoms with Gasteiger partial charge in [0.1, 0.15) is 0 Å². The molecule has 0 atom stereocenters. The van der Waals surface area contributed by atoms with Crippen LogP contribution in [0.1, 0.15) is 19.3 Å². The maximum atomic E-state index is 12.4. The molecule has 0 unspecified atom stereocenters. The Kier molecular flexibility index (Phi) is 5.81. The summed E-state index contributed by atoms with van der Waals surface area (Å²) in [5.74, 6) is 1.84. The minimum absolute atomic E-state index is 0.0893. The van der Waals surface area contributed by atoms with Crippen molar-refractivity contribution in [2.24, 2.45) is 0 Å². The summed E-state index contributed by atoms with van der Waals surface area (Å²) in [6.45, 7) is 4.91. The van der Waals surface area contributed by atoms with Crippen LogP contribution in [-0.2, 0) is 0 Å². The van der Waals surface area contributed by atoms with Crippen LogP contribution < -0.4 is 15.1 Å². The van der Waals surface area contributed by atoms with Gasteiger partial charge in [0, 0.05) is 50.0 Å². The monoisotopic (exact) mass is 400 g/mol. The second-order valence-electron chi connectivity index (χ2n) is 7.21. The predicted molar refractivity (Wildman–Crippen MR) is 112 cm³/mol. The molecule has 28 heavy (non-hydrogen) atoms. The molecule has 1 aromatic carbocycles. The Labute approximate surface area is 170 Å². The van der Waals surface area contributed by atoms with E-state index < -0.39 is 0 Å². The van der Waals surface area contributed by atoms with Crippen LogP contribution in [0, 0.1) is 0 Å². The minimum Gasteiger partial charge on any atom is -0.355 e. The Morgan fingerprint density at radius 2 is 1.36 bits per heavy atom. The highest BCUT2D eigenvalue weighted by atomic mass is 35.5. The number of amides is 2. The summed E-state index contributed by atoms with van der Waals surface area (Å²) in [5, 5.41) is 12.4. The van der Waals surface area contributed by atoms with Crippen molar-refractivity contribution in [2.45, 2.75) is 19.3 Å². The summed E-state index contributed by atoms with van der Waals surface area (Å²) in [6, 6.07) is 11.1. The molecule has 1 aromatic heterocycles. The second kappa shape index (κ2) is 8.65. The van der Waals surface area contributed by atoms with E-state index in [0.717, 1.165) is 43.5 Å². The topological polar surface area (TPSA) is 64.6 Å². The highest BCUT2D eigenvalue weighted by Crippen LogP contribution is 2.20. The molecule has 2 saturated heterocycles. The maximum Gasteiger partial charge on any atom is 0.321 e. The quantitative estimate of drug-likeness (QED) is 0.854. The molecule has 2 aliphatic heterocycles. The lowest BCUT2D eigenvalue weighted by Gasteiger charge is -2.35. The second-order valence-corrected chi connectivity index (χ2v) is 7.65. The zero-order chi connectivity index (χ0) is 19.3. The van der Waals surface area contributed by atoms with Crippen molar-refractivity contribution in [3.63, 3.8) is 0 Å². The van der Waals surface area contributed by atoms with Crippen molar-refractivity contribution in [1.29, 1.82) is 0 Å². The van der Waals surface area contributed by atoms with E-state index in [2.05, 4.69) is 31.4 Å². The largest absolute Gasteiger partial charge is 0.355 e. The molecule has 2 aliphatic rings. The van der Waals surface area contributed by atoms with E-state index in [-0.39, 0.29) is 6.03 Å². The molecule has 0 aliphatic carbocycles. The molecule has 2 aromatic rings. The molecule has 8 heteroatoms. The molecule has 2 fully saturated rings. The van der Waals surface area contributed by atoms with Gasteiger partial charge in [0.15, 0.2) is 11.6 Å². The first-order valence-electron chi connectivity index (χ1n) is 9.84. The van der Waals surface area contributed by atoms with Gasteiger partial charge < -0.3 is 20.0 Å². The number of hydrogen-bond acceptors (Lipinski definition) is 5. The summed E-state index contributed by atoms with van der Waals surface area (Å²) in [7, 11) is 0. The lowest BCUT2D eigenvalue weighted by Crippen LogP contribution is -2.50. The number of nitrogens with one attached hydrogen (secondary N) is 1. The molecule has 4 rings (SSSR count). The van der Waals surface area contributed by atoms with Gasteiger partial charge in [-0.2, -0.15) is 0 Å². The SMILES string of the molecule is O=C(Nc1ccc(Cl)cc1)N1CCN(c2ccc(N3CCCCC3)nn2)CC1. The molecule has 1 N–H and O–H groups in total. The number of piperidine rings is 1. The molecule has 7 nitrogen and oxygen atoms in total. The minimum atomic E-state index is -0.0893. The Hall–Kier alpha value is -2.54. The van der Waals surface area contributed by atoms with Crippen molar-refractivity contribution in [3.8, 4) is 0 Å². The summed E-state index contributed by atoms with van der Waals surface area (Å²) in [5.41, 5.74) is 0.746. The molecule has 0 radical (unpaired) electrons. The smallest absolute Gasteiger partial charge is 0.321 e. The van der Waals surface area contributed by atoms with Crippen LogP contribution in [0.3, 0.4) is 0 Å². The fourth-order valence-corrected chi connectivity index (χ4v) is 3.78. The third kappa shape index (κ3) is 4.47. The first-order valence-corrected chi connectivity index (χ1v) is 10.2.